The molecule has 0 aliphatic rings. The fraction of sp³-hybridized carbons (Fsp3) is 0.900. The fourth-order valence-electron chi connectivity index (χ4n) is 1.42. The number of carbonyl (C=O) groups excluding carboxylic acids is 1. The number of nitrogens with zero attached hydrogens (tertiary/aromatic N) is 2. The van der Waals surface area contributed by atoms with Crippen LogP contribution in [0.15, 0.2) is 5.29 Å². The van der Waals surface area contributed by atoms with E-state index in [1.165, 1.54) is 0 Å². The summed E-state index contributed by atoms with van der Waals surface area (Å²) in [4.78, 5) is 22.1. The van der Waals surface area contributed by atoms with E-state index in [9.17, 15) is 19.9 Å². The highest BCUT2D eigenvalue weighted by Crippen LogP contribution is 2.14. The molecule has 0 aromatic carbocycles. The third-order valence-corrected chi connectivity index (χ3v) is 2.78. The summed E-state index contributed by atoms with van der Waals surface area (Å²) in [6, 6.07) is -0.773. The van der Waals surface area contributed by atoms with E-state index in [2.05, 4.69) is 10.6 Å². The molecule has 0 aliphatic heterocycles. The number of amides is 2. The number of aliphatic hydroxyl groups is 2. The largest absolute Gasteiger partial charge is 0.394 e. The van der Waals surface area contributed by atoms with Gasteiger partial charge in [0.2, 0.25) is 0 Å². The number of nitrogens with one attached hydrogen (secondary N) is 1. The molecular weight excluding hydrogens is 262 g/mol. The Labute approximate surface area is 111 Å². The molecule has 0 fully saturated rings. The van der Waals surface area contributed by atoms with E-state index >= 15 is 0 Å². The summed E-state index contributed by atoms with van der Waals surface area (Å²) in [7, 11) is 0. The minimum Gasteiger partial charge on any atom is -0.394 e. The minimum absolute atomic E-state index is 0.0302. The van der Waals surface area contributed by atoms with Gasteiger partial charge in [0.05, 0.1) is 30.6 Å². The lowest BCUT2D eigenvalue weighted by Crippen LogP contribution is -2.57. The highest BCUT2D eigenvalue weighted by atomic mass is 35.5. The summed E-state index contributed by atoms with van der Waals surface area (Å²) in [6.07, 6.45) is 2.00. The SMILES string of the molecule is CCCCC(CO)(CO)NC(=O)N(CCCl)N=O. The molecule has 0 rings (SSSR count). The van der Waals surface area contributed by atoms with Crippen LogP contribution in [0.3, 0.4) is 0 Å². The van der Waals surface area contributed by atoms with Crippen LogP contribution in [0.4, 0.5) is 4.79 Å². The number of carbonyl (C=O) groups is 1. The summed E-state index contributed by atoms with van der Waals surface area (Å²) in [5.41, 5.74) is -1.14. The molecule has 0 aliphatic carbocycles. The van der Waals surface area contributed by atoms with Crippen molar-refractivity contribution in [2.75, 3.05) is 25.6 Å². The van der Waals surface area contributed by atoms with E-state index in [0.717, 1.165) is 12.8 Å². The zero-order valence-corrected chi connectivity index (χ0v) is 11.2. The lowest BCUT2D eigenvalue weighted by atomic mass is 9.94. The molecule has 0 radical (unpaired) electrons. The van der Waals surface area contributed by atoms with Crippen LogP contribution < -0.4 is 5.32 Å². The van der Waals surface area contributed by atoms with Gasteiger partial charge in [0.1, 0.15) is 0 Å². The van der Waals surface area contributed by atoms with Crippen molar-refractivity contribution in [3.8, 4) is 0 Å². The molecule has 0 unspecified atom stereocenters. The average Bonchev–Trinajstić information content (AvgIpc) is 2.40. The molecular formula is C10H20ClN3O4. The van der Waals surface area contributed by atoms with Gasteiger partial charge in [-0.1, -0.05) is 19.8 Å². The van der Waals surface area contributed by atoms with Crippen molar-refractivity contribution in [3.63, 3.8) is 0 Å². The zero-order valence-electron chi connectivity index (χ0n) is 10.4. The third-order valence-electron chi connectivity index (χ3n) is 2.62. The van der Waals surface area contributed by atoms with Crippen LogP contribution in [0.2, 0.25) is 0 Å². The van der Waals surface area contributed by atoms with Crippen molar-refractivity contribution in [2.45, 2.75) is 31.7 Å². The van der Waals surface area contributed by atoms with Gasteiger partial charge < -0.3 is 15.5 Å². The van der Waals surface area contributed by atoms with Crippen LogP contribution in [-0.2, 0) is 0 Å². The van der Waals surface area contributed by atoms with Gasteiger partial charge >= 0.3 is 6.03 Å². The number of aliphatic hydroxyl groups excluding tert-OH is 2. The predicted molar refractivity (Wildman–Crippen MR) is 68.2 cm³/mol. The van der Waals surface area contributed by atoms with Gasteiger partial charge in [-0.05, 0) is 6.42 Å². The second kappa shape index (κ2) is 9.07. The van der Waals surface area contributed by atoms with E-state index < -0.39 is 24.8 Å². The number of hydrogen-bond donors (Lipinski definition) is 3. The number of nitroso groups, excluding NO2 is 1. The van der Waals surface area contributed by atoms with Gasteiger partial charge in [-0.25, -0.2) is 4.79 Å². The third kappa shape index (κ3) is 5.16. The Kier molecular flexibility index (Phi) is 8.61. The van der Waals surface area contributed by atoms with Crippen molar-refractivity contribution in [3.05, 3.63) is 4.91 Å². The van der Waals surface area contributed by atoms with Crippen molar-refractivity contribution in [2.24, 2.45) is 5.29 Å². The maximum absolute atomic E-state index is 11.7. The summed E-state index contributed by atoms with van der Waals surface area (Å²) in [5, 5.41) is 24.2. The first-order valence-corrected chi connectivity index (χ1v) is 6.33. The summed E-state index contributed by atoms with van der Waals surface area (Å²) < 4.78 is 0. The van der Waals surface area contributed by atoms with Gasteiger partial charge in [0.15, 0.2) is 0 Å². The Hall–Kier alpha value is -0.920. The van der Waals surface area contributed by atoms with Gasteiger partial charge in [-0.2, -0.15) is 5.01 Å². The quantitative estimate of drug-likeness (QED) is 0.331. The first-order chi connectivity index (χ1) is 8.59. The molecule has 0 aromatic heterocycles. The maximum Gasteiger partial charge on any atom is 0.341 e. The topological polar surface area (TPSA) is 102 Å². The molecule has 0 saturated carbocycles. The van der Waals surface area contributed by atoms with Gasteiger partial charge in [0, 0.05) is 5.88 Å². The maximum atomic E-state index is 11.7. The van der Waals surface area contributed by atoms with Gasteiger partial charge in [-0.15, -0.1) is 16.5 Å². The summed E-state index contributed by atoms with van der Waals surface area (Å²) >= 11 is 5.42. The number of halogens is 1. The highest BCUT2D eigenvalue weighted by Gasteiger charge is 2.32. The lowest BCUT2D eigenvalue weighted by molar-refractivity contribution is 0.0818. The van der Waals surface area contributed by atoms with Crippen LogP contribution in [0, 0.1) is 4.91 Å². The van der Waals surface area contributed by atoms with E-state index in [1.807, 2.05) is 6.92 Å². The van der Waals surface area contributed by atoms with E-state index in [1.54, 1.807) is 0 Å². The second-order valence-electron chi connectivity index (χ2n) is 4.02. The first-order valence-electron chi connectivity index (χ1n) is 5.79. The summed E-state index contributed by atoms with van der Waals surface area (Å²) in [6.45, 7) is 1.09. The van der Waals surface area contributed by atoms with Crippen LogP contribution in [0.1, 0.15) is 26.2 Å². The van der Waals surface area contributed by atoms with Crippen LogP contribution in [0.5, 0.6) is 0 Å². The average molecular weight is 282 g/mol. The molecule has 0 atom stereocenters. The molecule has 18 heavy (non-hydrogen) atoms. The second-order valence-corrected chi connectivity index (χ2v) is 4.40. The van der Waals surface area contributed by atoms with Gasteiger partial charge in [0.25, 0.3) is 0 Å². The number of unbranched alkanes of at least 4 members (excludes halogenated alkanes) is 1. The minimum atomic E-state index is -1.14. The Morgan fingerprint density at radius 1 is 1.44 bits per heavy atom. The molecule has 0 aromatic rings. The molecule has 0 spiro atoms. The molecule has 8 heteroatoms. The first kappa shape index (κ1) is 17.1. The molecule has 3 N–H and O–H groups in total. The normalized spacial score (nSPS) is 11.1. The fourth-order valence-corrected chi connectivity index (χ4v) is 1.58. The Morgan fingerprint density at radius 2 is 2.06 bits per heavy atom. The zero-order chi connectivity index (χ0) is 14.0. The highest BCUT2D eigenvalue weighted by molar-refractivity contribution is 6.18. The molecule has 0 bridgehead atoms. The molecule has 0 heterocycles. The summed E-state index contributed by atoms with van der Waals surface area (Å²) in [5.74, 6) is 0.0688. The van der Waals surface area contributed by atoms with Crippen molar-refractivity contribution >= 4 is 17.6 Å². The lowest BCUT2D eigenvalue weighted by Gasteiger charge is -2.32. The van der Waals surface area contributed by atoms with Crippen molar-refractivity contribution < 1.29 is 15.0 Å². The number of rotatable bonds is 9. The van der Waals surface area contributed by atoms with Crippen molar-refractivity contribution in [1.82, 2.24) is 10.3 Å². The standard InChI is InChI=1S/C10H20ClN3O4/c1-2-3-4-10(7-15,8-16)12-9(17)14(13-18)6-5-11/h15-16H,2-8H2,1H3,(H,12,17). The Morgan fingerprint density at radius 3 is 2.44 bits per heavy atom. The van der Waals surface area contributed by atoms with E-state index in [-0.39, 0.29) is 12.4 Å². The number of hydrogen-bond acceptors (Lipinski definition) is 5. The van der Waals surface area contributed by atoms with Crippen LogP contribution >= 0.6 is 11.6 Å². The predicted octanol–water partition coefficient (Wildman–Crippen LogP) is 0.832. The van der Waals surface area contributed by atoms with Crippen LogP contribution in [0.25, 0.3) is 0 Å². The number of urea groups is 1. The molecule has 0 saturated heterocycles. The Bertz CT molecular complexity index is 262. The molecule has 106 valence electrons. The number of alkyl halides is 1. The van der Waals surface area contributed by atoms with Gasteiger partial charge in [-0.3, -0.25) is 0 Å². The van der Waals surface area contributed by atoms with Crippen LogP contribution in [-0.4, -0.2) is 52.4 Å². The Balaban J connectivity index is 4.64. The molecule has 2 amide bonds. The molecule has 7 nitrogen and oxygen atoms in total. The smallest absolute Gasteiger partial charge is 0.341 e. The van der Waals surface area contributed by atoms with Crippen molar-refractivity contribution in [1.29, 1.82) is 0 Å². The van der Waals surface area contributed by atoms with E-state index in [0.29, 0.717) is 11.4 Å². The monoisotopic (exact) mass is 281 g/mol. The van der Waals surface area contributed by atoms with E-state index in [4.69, 9.17) is 11.6 Å².